The molecule has 2 unspecified atom stereocenters. The van der Waals surface area contributed by atoms with Gasteiger partial charge in [0.1, 0.15) is 0 Å². The lowest BCUT2D eigenvalue weighted by molar-refractivity contribution is 0.0263. The third-order valence-corrected chi connectivity index (χ3v) is 6.18. The molecular weight excluding hydrogens is 487 g/mol. The molecule has 170 valence electrons. The number of hydrogen-bond acceptors (Lipinski definition) is 3. The summed E-state index contributed by atoms with van der Waals surface area (Å²) in [5.41, 5.74) is 2.72. The van der Waals surface area contributed by atoms with Crippen LogP contribution in [0.3, 0.4) is 0 Å². The van der Waals surface area contributed by atoms with Gasteiger partial charge in [-0.2, -0.15) is 0 Å². The van der Waals surface area contributed by atoms with Crippen molar-refractivity contribution in [1.82, 2.24) is 15.1 Å². The average Bonchev–Trinajstić information content (AvgIpc) is 2.70. The summed E-state index contributed by atoms with van der Waals surface area (Å²) in [7, 11) is 1.88. The van der Waals surface area contributed by atoms with Crippen molar-refractivity contribution in [2.45, 2.75) is 59.2 Å². The highest BCUT2D eigenvalue weighted by Crippen LogP contribution is 2.22. The molecule has 5 nitrogen and oxygen atoms in total. The first-order valence-corrected chi connectivity index (χ1v) is 11.4. The lowest BCUT2D eigenvalue weighted by atomic mass is 9.91. The number of rotatable bonds is 6. The van der Waals surface area contributed by atoms with Crippen LogP contribution in [0.2, 0.25) is 0 Å². The Bertz CT molecular complexity index is 633. The van der Waals surface area contributed by atoms with Gasteiger partial charge in [-0.25, -0.2) is 0 Å². The summed E-state index contributed by atoms with van der Waals surface area (Å²) in [6.45, 7) is 14.0. The van der Waals surface area contributed by atoms with Gasteiger partial charge in [-0.05, 0) is 49.1 Å². The number of aliphatic imine (C=N–C) groups is 1. The number of ether oxygens (including phenoxy) is 1. The lowest BCUT2D eigenvalue weighted by Gasteiger charge is -2.35. The maximum absolute atomic E-state index is 5.76. The highest BCUT2D eigenvalue weighted by atomic mass is 127. The molecule has 1 N–H and O–H groups in total. The van der Waals surface area contributed by atoms with Crippen molar-refractivity contribution in [3.63, 3.8) is 0 Å². The molecule has 6 heteroatoms. The van der Waals surface area contributed by atoms with Crippen LogP contribution in [-0.2, 0) is 17.8 Å². The zero-order valence-corrected chi connectivity index (χ0v) is 21.6. The van der Waals surface area contributed by atoms with Crippen LogP contribution in [0.4, 0.5) is 0 Å². The van der Waals surface area contributed by atoms with Gasteiger partial charge in [0.15, 0.2) is 5.96 Å². The van der Waals surface area contributed by atoms with Crippen LogP contribution in [0.5, 0.6) is 0 Å². The monoisotopic (exact) mass is 528 g/mol. The molecule has 2 saturated heterocycles. The first-order chi connectivity index (χ1) is 14.1. The Kier molecular flexibility index (Phi) is 10.9. The first-order valence-electron chi connectivity index (χ1n) is 11.4. The minimum atomic E-state index is 0. The van der Waals surface area contributed by atoms with Gasteiger partial charge in [-0.15, -0.1) is 24.0 Å². The molecule has 0 aromatic heterocycles. The van der Waals surface area contributed by atoms with E-state index in [2.05, 4.69) is 65.1 Å². The van der Waals surface area contributed by atoms with E-state index in [0.29, 0.717) is 6.10 Å². The highest BCUT2D eigenvalue weighted by molar-refractivity contribution is 14.0. The van der Waals surface area contributed by atoms with E-state index in [4.69, 9.17) is 4.74 Å². The van der Waals surface area contributed by atoms with E-state index in [1.165, 1.54) is 30.6 Å². The summed E-state index contributed by atoms with van der Waals surface area (Å²) in [4.78, 5) is 9.45. The highest BCUT2D eigenvalue weighted by Gasteiger charge is 2.22. The van der Waals surface area contributed by atoms with E-state index < -0.39 is 0 Å². The van der Waals surface area contributed by atoms with Gasteiger partial charge in [-0.3, -0.25) is 9.89 Å². The number of hydrogen-bond donors (Lipinski definition) is 1. The second-order valence-electron chi connectivity index (χ2n) is 9.00. The van der Waals surface area contributed by atoms with Gasteiger partial charge < -0.3 is 15.0 Å². The van der Waals surface area contributed by atoms with Crippen LogP contribution >= 0.6 is 24.0 Å². The second kappa shape index (κ2) is 12.9. The zero-order valence-electron chi connectivity index (χ0n) is 19.3. The van der Waals surface area contributed by atoms with Crippen LogP contribution in [0, 0.1) is 11.8 Å². The molecule has 1 aromatic carbocycles. The quantitative estimate of drug-likeness (QED) is 0.339. The van der Waals surface area contributed by atoms with Crippen molar-refractivity contribution in [3.8, 4) is 0 Å². The number of piperidine rings is 2. The molecule has 1 aromatic rings. The number of nitrogens with one attached hydrogen (secondary N) is 1. The van der Waals surface area contributed by atoms with Crippen LogP contribution in [0.25, 0.3) is 0 Å². The number of halogens is 1. The van der Waals surface area contributed by atoms with E-state index in [0.717, 1.165) is 63.4 Å². The average molecular weight is 529 g/mol. The normalized spacial score (nSPS) is 23.9. The summed E-state index contributed by atoms with van der Waals surface area (Å²) < 4.78 is 5.76. The Morgan fingerprint density at radius 3 is 2.23 bits per heavy atom. The maximum atomic E-state index is 5.76. The van der Waals surface area contributed by atoms with Crippen molar-refractivity contribution in [2.75, 3.05) is 39.8 Å². The molecular formula is C24H41IN4O. The Labute approximate surface area is 200 Å². The summed E-state index contributed by atoms with van der Waals surface area (Å²) in [5.74, 6) is 2.63. The van der Waals surface area contributed by atoms with E-state index in [-0.39, 0.29) is 24.0 Å². The van der Waals surface area contributed by atoms with Crippen molar-refractivity contribution >= 4 is 29.9 Å². The third kappa shape index (κ3) is 7.68. The number of likely N-dealkylation sites (tertiary alicyclic amines) is 2. The third-order valence-electron chi connectivity index (χ3n) is 6.18. The van der Waals surface area contributed by atoms with Gasteiger partial charge in [0.25, 0.3) is 0 Å². The molecule has 2 aliphatic rings. The van der Waals surface area contributed by atoms with E-state index in [1.807, 2.05) is 7.05 Å². The predicted octanol–water partition coefficient (Wildman–Crippen LogP) is 4.36. The topological polar surface area (TPSA) is 40.1 Å². The molecule has 0 amide bonds. The maximum Gasteiger partial charge on any atom is 0.193 e. The molecule has 0 bridgehead atoms. The molecule has 0 radical (unpaired) electrons. The van der Waals surface area contributed by atoms with Crippen molar-refractivity contribution in [2.24, 2.45) is 16.8 Å². The molecule has 2 atom stereocenters. The predicted molar refractivity (Wildman–Crippen MR) is 136 cm³/mol. The Morgan fingerprint density at radius 1 is 1.07 bits per heavy atom. The van der Waals surface area contributed by atoms with Crippen LogP contribution < -0.4 is 5.32 Å². The zero-order chi connectivity index (χ0) is 20.6. The molecule has 0 aliphatic carbocycles. The Hall–Kier alpha value is -0.860. The van der Waals surface area contributed by atoms with E-state index >= 15 is 0 Å². The first kappa shape index (κ1) is 25.4. The molecule has 2 aliphatic heterocycles. The van der Waals surface area contributed by atoms with Crippen LogP contribution in [0.1, 0.15) is 51.2 Å². The second-order valence-corrected chi connectivity index (χ2v) is 9.00. The van der Waals surface area contributed by atoms with Gasteiger partial charge in [0.05, 0.1) is 6.10 Å². The minimum absolute atomic E-state index is 0. The summed E-state index contributed by atoms with van der Waals surface area (Å²) in [6, 6.07) is 9.09. The van der Waals surface area contributed by atoms with Gasteiger partial charge in [0, 0.05) is 52.9 Å². The van der Waals surface area contributed by atoms with Crippen molar-refractivity contribution < 1.29 is 4.74 Å². The standard InChI is InChI=1S/C24H40N4O.HI/c1-5-29-23-10-12-28(13-11-23)24(25-4)26-15-21-6-8-22(9-7-21)18-27-16-19(2)14-20(3)17-27;/h6-9,19-20,23H,5,10-18H2,1-4H3,(H,25,26);1H. The minimum Gasteiger partial charge on any atom is -0.378 e. The largest absolute Gasteiger partial charge is 0.378 e. The summed E-state index contributed by atoms with van der Waals surface area (Å²) in [6.07, 6.45) is 3.94. The van der Waals surface area contributed by atoms with E-state index in [1.54, 1.807) is 0 Å². The lowest BCUT2D eigenvalue weighted by Crippen LogP contribution is -2.46. The van der Waals surface area contributed by atoms with Crippen molar-refractivity contribution in [1.29, 1.82) is 0 Å². The summed E-state index contributed by atoms with van der Waals surface area (Å²) in [5, 5.41) is 3.54. The SMILES string of the molecule is CCOC1CCN(C(=NC)NCc2ccc(CN3CC(C)CC(C)C3)cc2)CC1.I. The number of nitrogens with zero attached hydrogens (tertiary/aromatic N) is 3. The Morgan fingerprint density at radius 2 is 1.67 bits per heavy atom. The number of benzene rings is 1. The molecule has 30 heavy (non-hydrogen) atoms. The van der Waals surface area contributed by atoms with Gasteiger partial charge in [0.2, 0.25) is 0 Å². The van der Waals surface area contributed by atoms with E-state index in [9.17, 15) is 0 Å². The van der Waals surface area contributed by atoms with Crippen LogP contribution in [-0.4, -0.2) is 61.7 Å². The molecule has 0 spiro atoms. The Balaban J connectivity index is 0.00000320. The summed E-state index contributed by atoms with van der Waals surface area (Å²) >= 11 is 0. The van der Waals surface area contributed by atoms with Gasteiger partial charge in [-0.1, -0.05) is 38.1 Å². The van der Waals surface area contributed by atoms with Crippen LogP contribution in [0.15, 0.2) is 29.3 Å². The fourth-order valence-electron chi connectivity index (χ4n) is 4.93. The number of guanidine groups is 1. The fourth-order valence-corrected chi connectivity index (χ4v) is 4.93. The molecule has 3 rings (SSSR count). The molecule has 2 fully saturated rings. The molecule has 0 saturated carbocycles. The smallest absolute Gasteiger partial charge is 0.193 e. The fraction of sp³-hybridized carbons (Fsp3) is 0.708. The van der Waals surface area contributed by atoms with Gasteiger partial charge >= 0.3 is 0 Å². The van der Waals surface area contributed by atoms with Crippen molar-refractivity contribution in [3.05, 3.63) is 35.4 Å². The molecule has 2 heterocycles.